The molecule has 1 heterocycles. The molecule has 0 bridgehead atoms. The van der Waals surface area contributed by atoms with Crippen molar-refractivity contribution in [1.29, 1.82) is 0 Å². The Morgan fingerprint density at radius 2 is 1.96 bits per heavy atom. The Morgan fingerprint density at radius 3 is 2.61 bits per heavy atom. The van der Waals surface area contributed by atoms with Crippen LogP contribution in [-0.2, 0) is 11.3 Å². The number of urea groups is 1. The van der Waals surface area contributed by atoms with Crippen molar-refractivity contribution in [2.24, 2.45) is 0 Å². The molecule has 1 aliphatic heterocycles. The SMILES string of the molecule is C=C(C)CNC(=O)Nc1ccccc1CN1C[C@@H](C)O[C@H](C)C1. The largest absolute Gasteiger partial charge is 0.373 e. The summed E-state index contributed by atoms with van der Waals surface area (Å²) in [5, 5.41) is 5.72. The fourth-order valence-electron chi connectivity index (χ4n) is 2.83. The third-order valence-electron chi connectivity index (χ3n) is 3.71. The normalized spacial score (nSPS) is 21.7. The van der Waals surface area contributed by atoms with Crippen molar-refractivity contribution in [3.05, 3.63) is 42.0 Å². The molecule has 23 heavy (non-hydrogen) atoms. The number of amides is 2. The molecule has 1 aromatic carbocycles. The van der Waals surface area contributed by atoms with Crippen LogP contribution in [0.25, 0.3) is 0 Å². The minimum absolute atomic E-state index is 0.204. The van der Waals surface area contributed by atoms with Gasteiger partial charge in [-0.1, -0.05) is 30.4 Å². The molecule has 1 aromatic rings. The highest BCUT2D eigenvalue weighted by molar-refractivity contribution is 5.90. The highest BCUT2D eigenvalue weighted by atomic mass is 16.5. The zero-order valence-corrected chi connectivity index (χ0v) is 14.3. The fourth-order valence-corrected chi connectivity index (χ4v) is 2.83. The molecule has 2 rings (SSSR count). The van der Waals surface area contributed by atoms with Crippen LogP contribution in [0.1, 0.15) is 26.3 Å². The maximum absolute atomic E-state index is 12.0. The topological polar surface area (TPSA) is 53.6 Å². The molecule has 1 saturated heterocycles. The summed E-state index contributed by atoms with van der Waals surface area (Å²) in [6.45, 7) is 12.9. The van der Waals surface area contributed by atoms with Gasteiger partial charge >= 0.3 is 6.03 Å². The minimum atomic E-state index is -0.204. The molecule has 0 aliphatic carbocycles. The first-order valence-corrected chi connectivity index (χ1v) is 8.09. The number of nitrogens with one attached hydrogen (secondary N) is 2. The number of rotatable bonds is 5. The van der Waals surface area contributed by atoms with Gasteiger partial charge in [0, 0.05) is 31.9 Å². The Balaban J connectivity index is 1.99. The molecule has 126 valence electrons. The summed E-state index contributed by atoms with van der Waals surface area (Å²) in [6, 6.07) is 7.72. The first kappa shape index (κ1) is 17.5. The van der Waals surface area contributed by atoms with Crippen LogP contribution in [0.4, 0.5) is 10.5 Å². The van der Waals surface area contributed by atoms with Crippen LogP contribution in [0.15, 0.2) is 36.4 Å². The van der Waals surface area contributed by atoms with Gasteiger partial charge in [0.05, 0.1) is 12.2 Å². The number of morpholine rings is 1. The van der Waals surface area contributed by atoms with E-state index in [1.54, 1.807) is 0 Å². The third-order valence-corrected chi connectivity index (χ3v) is 3.71. The second-order valence-electron chi connectivity index (χ2n) is 6.37. The lowest BCUT2D eigenvalue weighted by Gasteiger charge is -2.35. The van der Waals surface area contributed by atoms with Gasteiger partial charge in [0.25, 0.3) is 0 Å². The first-order chi connectivity index (χ1) is 10.9. The average molecular weight is 317 g/mol. The van der Waals surface area contributed by atoms with Crippen molar-refractivity contribution in [1.82, 2.24) is 10.2 Å². The third kappa shape index (κ3) is 5.69. The van der Waals surface area contributed by atoms with E-state index in [0.717, 1.165) is 36.5 Å². The zero-order valence-electron chi connectivity index (χ0n) is 14.3. The van der Waals surface area contributed by atoms with Crippen molar-refractivity contribution < 1.29 is 9.53 Å². The second kappa shape index (κ2) is 8.13. The Hall–Kier alpha value is -1.85. The average Bonchev–Trinajstić information content (AvgIpc) is 2.46. The number of hydrogen-bond donors (Lipinski definition) is 2. The van der Waals surface area contributed by atoms with Crippen LogP contribution in [0.3, 0.4) is 0 Å². The Bertz CT molecular complexity index is 549. The van der Waals surface area contributed by atoms with E-state index in [4.69, 9.17) is 4.74 Å². The van der Waals surface area contributed by atoms with Crippen molar-refractivity contribution >= 4 is 11.7 Å². The van der Waals surface area contributed by atoms with Gasteiger partial charge in [0.2, 0.25) is 0 Å². The zero-order chi connectivity index (χ0) is 16.8. The van der Waals surface area contributed by atoms with Gasteiger partial charge in [-0.05, 0) is 32.4 Å². The lowest BCUT2D eigenvalue weighted by molar-refractivity contribution is -0.0704. The van der Waals surface area contributed by atoms with E-state index in [0.29, 0.717) is 6.54 Å². The van der Waals surface area contributed by atoms with E-state index in [9.17, 15) is 4.79 Å². The summed E-state index contributed by atoms with van der Waals surface area (Å²) in [5.74, 6) is 0. The molecular formula is C18H27N3O2. The molecule has 0 radical (unpaired) electrons. The van der Waals surface area contributed by atoms with Crippen LogP contribution in [0, 0.1) is 0 Å². The highest BCUT2D eigenvalue weighted by Crippen LogP contribution is 2.20. The van der Waals surface area contributed by atoms with Crippen molar-refractivity contribution in [2.75, 3.05) is 25.0 Å². The van der Waals surface area contributed by atoms with Crippen LogP contribution < -0.4 is 10.6 Å². The molecule has 5 nitrogen and oxygen atoms in total. The summed E-state index contributed by atoms with van der Waals surface area (Å²) < 4.78 is 5.77. The number of hydrogen-bond acceptors (Lipinski definition) is 3. The summed E-state index contributed by atoms with van der Waals surface area (Å²) in [4.78, 5) is 14.3. The van der Waals surface area contributed by atoms with Gasteiger partial charge in [0.15, 0.2) is 0 Å². The molecule has 2 atom stereocenters. The van der Waals surface area contributed by atoms with Crippen LogP contribution in [-0.4, -0.2) is 42.8 Å². The van der Waals surface area contributed by atoms with Gasteiger partial charge in [-0.25, -0.2) is 4.79 Å². The minimum Gasteiger partial charge on any atom is -0.373 e. The standard InChI is InChI=1S/C18H27N3O2/c1-13(2)9-19-18(22)20-17-8-6-5-7-16(17)12-21-10-14(3)23-15(4)11-21/h5-8,14-15H,1,9-12H2,2-4H3,(H2,19,20,22)/t14-,15-/m1/s1. The fraction of sp³-hybridized carbons (Fsp3) is 0.500. The number of anilines is 1. The molecule has 0 saturated carbocycles. The summed E-state index contributed by atoms with van der Waals surface area (Å²) in [7, 11) is 0. The van der Waals surface area contributed by atoms with Crippen molar-refractivity contribution in [2.45, 2.75) is 39.5 Å². The summed E-state index contributed by atoms with van der Waals surface area (Å²) >= 11 is 0. The molecular weight excluding hydrogens is 290 g/mol. The molecule has 0 unspecified atom stereocenters. The van der Waals surface area contributed by atoms with Crippen molar-refractivity contribution in [3.8, 4) is 0 Å². The maximum atomic E-state index is 12.0. The quantitative estimate of drug-likeness (QED) is 0.821. The monoisotopic (exact) mass is 317 g/mol. The Labute approximate surface area is 138 Å². The molecule has 5 heteroatoms. The van der Waals surface area contributed by atoms with E-state index in [2.05, 4.69) is 42.0 Å². The number of benzene rings is 1. The second-order valence-corrected chi connectivity index (χ2v) is 6.37. The Morgan fingerprint density at radius 1 is 1.30 bits per heavy atom. The molecule has 1 fully saturated rings. The molecule has 0 aromatic heterocycles. The number of nitrogens with zero attached hydrogens (tertiary/aromatic N) is 1. The number of para-hydroxylation sites is 1. The van der Waals surface area contributed by atoms with Crippen LogP contribution in [0.2, 0.25) is 0 Å². The highest BCUT2D eigenvalue weighted by Gasteiger charge is 2.22. The Kier molecular flexibility index (Phi) is 6.19. The van der Waals surface area contributed by atoms with Gasteiger partial charge in [-0.15, -0.1) is 0 Å². The maximum Gasteiger partial charge on any atom is 0.319 e. The van der Waals surface area contributed by atoms with Gasteiger partial charge in [0.1, 0.15) is 0 Å². The van der Waals surface area contributed by atoms with E-state index < -0.39 is 0 Å². The molecule has 1 aliphatic rings. The van der Waals surface area contributed by atoms with Crippen LogP contribution in [0.5, 0.6) is 0 Å². The smallest absolute Gasteiger partial charge is 0.319 e. The lowest BCUT2D eigenvalue weighted by atomic mass is 10.1. The van der Waals surface area contributed by atoms with Gasteiger partial charge < -0.3 is 15.4 Å². The van der Waals surface area contributed by atoms with Crippen molar-refractivity contribution in [3.63, 3.8) is 0 Å². The van der Waals surface area contributed by atoms with E-state index in [1.165, 1.54) is 0 Å². The van der Waals surface area contributed by atoms with E-state index >= 15 is 0 Å². The number of carbonyl (C=O) groups excluding carboxylic acids is 1. The molecule has 2 amide bonds. The van der Waals surface area contributed by atoms with Crippen LogP contribution >= 0.6 is 0 Å². The predicted molar refractivity (Wildman–Crippen MR) is 93.6 cm³/mol. The first-order valence-electron chi connectivity index (χ1n) is 8.09. The molecule has 0 spiro atoms. The number of ether oxygens (including phenoxy) is 1. The van der Waals surface area contributed by atoms with Gasteiger partial charge in [-0.2, -0.15) is 0 Å². The summed E-state index contributed by atoms with van der Waals surface area (Å²) in [5.41, 5.74) is 2.88. The lowest BCUT2D eigenvalue weighted by Crippen LogP contribution is -2.45. The number of carbonyl (C=O) groups is 1. The predicted octanol–water partition coefficient (Wildman–Crippen LogP) is 2.99. The van der Waals surface area contributed by atoms with E-state index in [-0.39, 0.29) is 18.2 Å². The van der Waals surface area contributed by atoms with Gasteiger partial charge in [-0.3, -0.25) is 4.90 Å². The van der Waals surface area contributed by atoms with E-state index in [1.807, 2.05) is 25.1 Å². The molecule has 2 N–H and O–H groups in total. The summed E-state index contributed by atoms with van der Waals surface area (Å²) in [6.07, 6.45) is 0.468.